The van der Waals surface area contributed by atoms with Crippen LogP contribution in [0, 0.1) is 6.92 Å². The molecule has 5 heteroatoms. The Morgan fingerprint density at radius 3 is 2.73 bits per heavy atom. The molecule has 0 aliphatic rings. The average molecular weight is 189 g/mol. The van der Waals surface area contributed by atoms with Gasteiger partial charge in [0.25, 0.3) is 0 Å². The maximum Gasteiger partial charge on any atom is 0.210 e. The highest BCUT2D eigenvalue weighted by atomic mass is 32.2. The third-order valence-corrected chi connectivity index (χ3v) is 4.14. The summed E-state index contributed by atoms with van der Waals surface area (Å²) in [5, 5.41) is 0.938. The molecule has 1 aromatic heterocycles. The quantitative estimate of drug-likeness (QED) is 0.706. The number of sulfone groups is 1. The van der Waals surface area contributed by atoms with Gasteiger partial charge in [0, 0.05) is 5.41 Å². The minimum Gasteiger partial charge on any atom is -0.249 e. The van der Waals surface area contributed by atoms with Gasteiger partial charge in [-0.15, -0.1) is 11.3 Å². The van der Waals surface area contributed by atoms with Crippen LogP contribution in [0.2, 0.25) is 0 Å². The van der Waals surface area contributed by atoms with Crippen LogP contribution in [0.5, 0.6) is 0 Å². The number of aryl methyl sites for hydroxylation is 1. The molecule has 1 heterocycles. The fourth-order valence-corrected chi connectivity index (χ4v) is 2.66. The van der Waals surface area contributed by atoms with Gasteiger partial charge in [-0.2, -0.15) is 0 Å². The van der Waals surface area contributed by atoms with E-state index in [-0.39, 0.29) is 4.21 Å². The summed E-state index contributed by atoms with van der Waals surface area (Å²) in [5.74, 6) is 0. The summed E-state index contributed by atoms with van der Waals surface area (Å²) >= 11 is 1.11. The Morgan fingerprint density at radius 1 is 1.73 bits per heavy atom. The van der Waals surface area contributed by atoms with Crippen molar-refractivity contribution >= 4 is 21.2 Å². The van der Waals surface area contributed by atoms with Gasteiger partial charge in [-0.05, 0) is 6.92 Å². The van der Waals surface area contributed by atoms with Crippen molar-refractivity contribution in [3.05, 3.63) is 23.2 Å². The van der Waals surface area contributed by atoms with Crippen LogP contribution in [0.1, 0.15) is 5.69 Å². The molecule has 0 atom stereocenters. The van der Waals surface area contributed by atoms with E-state index in [1.54, 1.807) is 6.92 Å². The average Bonchev–Trinajstić information content (AvgIpc) is 2.36. The number of hydrogen-bond donors (Lipinski definition) is 0. The van der Waals surface area contributed by atoms with E-state index < -0.39 is 9.84 Å². The molecular formula is C6H7NO2S2. The lowest BCUT2D eigenvalue weighted by Crippen LogP contribution is -1.94. The minimum absolute atomic E-state index is 0.285. The summed E-state index contributed by atoms with van der Waals surface area (Å²) in [4.78, 5) is 3.82. The number of thiazole rings is 1. The zero-order chi connectivity index (χ0) is 8.48. The van der Waals surface area contributed by atoms with E-state index >= 15 is 0 Å². The molecule has 3 nitrogen and oxygen atoms in total. The van der Waals surface area contributed by atoms with Crippen molar-refractivity contribution in [1.82, 2.24) is 4.98 Å². The minimum atomic E-state index is -3.27. The third kappa shape index (κ3) is 1.49. The summed E-state index contributed by atoms with van der Waals surface area (Å²) in [6, 6.07) is 0. The summed E-state index contributed by atoms with van der Waals surface area (Å²) in [6.45, 7) is 4.88. The van der Waals surface area contributed by atoms with Crippen LogP contribution in [0.15, 0.2) is 21.7 Å². The highest BCUT2D eigenvalue weighted by Crippen LogP contribution is 2.20. The van der Waals surface area contributed by atoms with E-state index in [4.69, 9.17) is 0 Å². The van der Waals surface area contributed by atoms with E-state index in [0.717, 1.165) is 16.7 Å². The van der Waals surface area contributed by atoms with Crippen molar-refractivity contribution in [2.24, 2.45) is 0 Å². The second-order valence-corrected chi connectivity index (χ2v) is 4.88. The molecule has 0 saturated carbocycles. The molecule has 1 aromatic rings. The van der Waals surface area contributed by atoms with E-state index in [2.05, 4.69) is 11.6 Å². The fourth-order valence-electron chi connectivity index (χ4n) is 0.640. The zero-order valence-corrected chi connectivity index (χ0v) is 7.58. The molecule has 0 aliphatic heterocycles. The first-order valence-corrected chi connectivity index (χ1v) is 5.28. The summed E-state index contributed by atoms with van der Waals surface area (Å²) < 4.78 is 22.6. The maximum absolute atomic E-state index is 11.1. The van der Waals surface area contributed by atoms with Crippen molar-refractivity contribution in [2.75, 3.05) is 0 Å². The maximum atomic E-state index is 11.1. The first-order valence-electron chi connectivity index (χ1n) is 2.85. The second-order valence-electron chi connectivity index (χ2n) is 1.94. The molecule has 0 bridgehead atoms. The first kappa shape index (κ1) is 8.42. The molecule has 0 radical (unpaired) electrons. The third-order valence-electron chi connectivity index (χ3n) is 1.18. The van der Waals surface area contributed by atoms with E-state index in [0.29, 0.717) is 5.69 Å². The fraction of sp³-hybridized carbons (Fsp3) is 0.167. The Balaban J connectivity index is 3.33. The zero-order valence-electron chi connectivity index (χ0n) is 5.94. The molecule has 11 heavy (non-hydrogen) atoms. The van der Waals surface area contributed by atoms with E-state index in [1.807, 2.05) is 0 Å². The summed E-state index contributed by atoms with van der Waals surface area (Å²) in [5.41, 5.74) is 2.04. The van der Waals surface area contributed by atoms with Crippen molar-refractivity contribution in [3.8, 4) is 0 Å². The molecule has 0 unspecified atom stereocenters. The van der Waals surface area contributed by atoms with E-state index in [1.165, 1.54) is 5.51 Å². The number of rotatable bonds is 2. The Labute approximate surface area is 69.3 Å². The van der Waals surface area contributed by atoms with Crippen molar-refractivity contribution in [1.29, 1.82) is 0 Å². The van der Waals surface area contributed by atoms with Gasteiger partial charge in [-0.1, -0.05) is 6.58 Å². The van der Waals surface area contributed by atoms with Crippen LogP contribution in [-0.4, -0.2) is 13.4 Å². The second kappa shape index (κ2) is 2.75. The van der Waals surface area contributed by atoms with Gasteiger partial charge in [0.05, 0.1) is 11.2 Å². The molecule has 1 rings (SSSR count). The smallest absolute Gasteiger partial charge is 0.210 e. The van der Waals surface area contributed by atoms with Gasteiger partial charge < -0.3 is 0 Å². The Hall–Kier alpha value is -0.680. The topological polar surface area (TPSA) is 47.0 Å². The monoisotopic (exact) mass is 189 g/mol. The highest BCUT2D eigenvalue weighted by molar-refractivity contribution is 7.96. The number of aromatic nitrogens is 1. The predicted octanol–water partition coefficient (Wildman–Crippen LogP) is 1.37. The molecule has 0 saturated heterocycles. The van der Waals surface area contributed by atoms with Crippen LogP contribution in [-0.2, 0) is 9.84 Å². The van der Waals surface area contributed by atoms with Gasteiger partial charge in [0.2, 0.25) is 9.84 Å². The molecule has 0 amide bonds. The van der Waals surface area contributed by atoms with E-state index in [9.17, 15) is 8.42 Å². The van der Waals surface area contributed by atoms with Gasteiger partial charge in [-0.25, -0.2) is 13.4 Å². The molecule has 0 fully saturated rings. The Morgan fingerprint density at radius 2 is 2.36 bits per heavy atom. The predicted molar refractivity (Wildman–Crippen MR) is 44.2 cm³/mol. The Bertz CT molecular complexity index is 364. The molecule has 0 N–H and O–H groups in total. The largest absolute Gasteiger partial charge is 0.249 e. The summed E-state index contributed by atoms with van der Waals surface area (Å²) in [7, 11) is -3.27. The van der Waals surface area contributed by atoms with Gasteiger partial charge >= 0.3 is 0 Å². The van der Waals surface area contributed by atoms with Crippen molar-refractivity contribution in [3.63, 3.8) is 0 Å². The summed E-state index contributed by atoms with van der Waals surface area (Å²) in [6.07, 6.45) is 0. The van der Waals surface area contributed by atoms with Crippen molar-refractivity contribution in [2.45, 2.75) is 11.1 Å². The first-order chi connectivity index (χ1) is 5.08. The van der Waals surface area contributed by atoms with Crippen LogP contribution < -0.4 is 0 Å². The SMILES string of the molecule is C=CS(=O)(=O)c1scnc1C. The standard InChI is InChI=1S/C6H7NO2S2/c1-3-11(8,9)6-5(2)7-4-10-6/h3-4H,1H2,2H3. The lowest BCUT2D eigenvalue weighted by atomic mass is 10.6. The lowest BCUT2D eigenvalue weighted by Gasteiger charge is -1.92. The number of nitrogens with zero attached hydrogens (tertiary/aromatic N) is 1. The van der Waals surface area contributed by atoms with Crippen LogP contribution in [0.3, 0.4) is 0 Å². The highest BCUT2D eigenvalue weighted by Gasteiger charge is 2.14. The van der Waals surface area contributed by atoms with Crippen LogP contribution >= 0.6 is 11.3 Å². The van der Waals surface area contributed by atoms with Gasteiger partial charge in [0.1, 0.15) is 4.21 Å². The van der Waals surface area contributed by atoms with Crippen LogP contribution in [0.4, 0.5) is 0 Å². The Kier molecular flexibility index (Phi) is 2.10. The normalized spacial score (nSPS) is 11.4. The lowest BCUT2D eigenvalue weighted by molar-refractivity contribution is 0.606. The molecular weight excluding hydrogens is 182 g/mol. The molecule has 60 valence electrons. The van der Waals surface area contributed by atoms with Gasteiger partial charge in [-0.3, -0.25) is 0 Å². The van der Waals surface area contributed by atoms with Crippen molar-refractivity contribution < 1.29 is 8.42 Å². The van der Waals surface area contributed by atoms with Crippen LogP contribution in [0.25, 0.3) is 0 Å². The molecule has 0 spiro atoms. The van der Waals surface area contributed by atoms with Gasteiger partial charge in [0.15, 0.2) is 0 Å². The molecule has 0 aromatic carbocycles. The molecule has 0 aliphatic carbocycles. The number of hydrogen-bond acceptors (Lipinski definition) is 4.